The molecule has 0 fully saturated rings. The van der Waals surface area contributed by atoms with Crippen LogP contribution < -0.4 is 9.47 Å². The summed E-state index contributed by atoms with van der Waals surface area (Å²) in [5.41, 5.74) is -0.623. The monoisotopic (exact) mass is 336 g/mol. The van der Waals surface area contributed by atoms with Gasteiger partial charge in [-0.05, 0) is 24.3 Å². The van der Waals surface area contributed by atoms with Crippen LogP contribution in [-0.4, -0.2) is 11.9 Å². The number of carbonyl (C=O) groups is 2. The quantitative estimate of drug-likeness (QED) is 0.484. The van der Waals surface area contributed by atoms with Gasteiger partial charge in [-0.15, -0.1) is 0 Å². The number of rotatable bonds is 4. The molecule has 0 aliphatic heterocycles. The van der Waals surface area contributed by atoms with Crippen molar-refractivity contribution in [1.29, 1.82) is 0 Å². The van der Waals surface area contributed by atoms with Crippen LogP contribution in [0.25, 0.3) is 11.1 Å². The molecule has 124 valence electrons. The molecule has 0 amide bonds. The van der Waals surface area contributed by atoms with Gasteiger partial charge in [0.1, 0.15) is 11.6 Å². The third kappa shape index (κ3) is 3.62. The summed E-state index contributed by atoms with van der Waals surface area (Å²) >= 11 is 0. The summed E-state index contributed by atoms with van der Waals surface area (Å²) in [5, 5.41) is 0. The van der Waals surface area contributed by atoms with Crippen LogP contribution in [0.3, 0.4) is 0 Å². The Morgan fingerprint density at radius 2 is 1.67 bits per heavy atom. The van der Waals surface area contributed by atoms with Gasteiger partial charge in [-0.1, -0.05) is 6.58 Å². The maximum Gasteiger partial charge on any atom is 0.335 e. The normalized spacial score (nSPS) is 10.2. The maximum absolute atomic E-state index is 14.1. The summed E-state index contributed by atoms with van der Waals surface area (Å²) in [6.45, 7) is 4.23. The Balaban J connectivity index is 2.41. The lowest BCUT2D eigenvalue weighted by molar-refractivity contribution is -0.132. The van der Waals surface area contributed by atoms with Gasteiger partial charge in [0.2, 0.25) is 5.82 Å². The van der Waals surface area contributed by atoms with Crippen molar-refractivity contribution in [2.45, 2.75) is 6.92 Å². The molecule has 0 aromatic heterocycles. The minimum Gasteiger partial charge on any atom is -0.423 e. The minimum absolute atomic E-state index is 0.112. The van der Waals surface area contributed by atoms with Gasteiger partial charge in [0, 0.05) is 30.2 Å². The van der Waals surface area contributed by atoms with E-state index in [2.05, 4.69) is 11.3 Å². The number of ether oxygens (including phenoxy) is 2. The van der Waals surface area contributed by atoms with Gasteiger partial charge in [-0.3, -0.25) is 4.79 Å². The minimum atomic E-state index is -1.41. The van der Waals surface area contributed by atoms with Crippen LogP contribution in [-0.2, 0) is 9.59 Å². The van der Waals surface area contributed by atoms with Crippen LogP contribution in [0.4, 0.5) is 13.2 Å². The molecule has 0 aliphatic carbocycles. The molecule has 24 heavy (non-hydrogen) atoms. The van der Waals surface area contributed by atoms with Crippen molar-refractivity contribution in [3.63, 3.8) is 0 Å². The first-order valence-electron chi connectivity index (χ1n) is 6.64. The van der Waals surface area contributed by atoms with E-state index in [1.165, 1.54) is 6.07 Å². The first kappa shape index (κ1) is 17.3. The third-order valence-electron chi connectivity index (χ3n) is 2.92. The molecule has 7 heteroatoms. The highest BCUT2D eigenvalue weighted by atomic mass is 19.2. The number of esters is 2. The Hall–Kier alpha value is -3.09. The fourth-order valence-electron chi connectivity index (χ4n) is 1.91. The fraction of sp³-hybridized carbons (Fsp3) is 0.0588. The van der Waals surface area contributed by atoms with E-state index in [-0.39, 0.29) is 16.9 Å². The van der Waals surface area contributed by atoms with E-state index < -0.39 is 35.1 Å². The molecule has 0 saturated heterocycles. The van der Waals surface area contributed by atoms with E-state index in [0.717, 1.165) is 37.3 Å². The highest BCUT2D eigenvalue weighted by Gasteiger charge is 2.19. The Labute approximate surface area is 135 Å². The van der Waals surface area contributed by atoms with E-state index in [1.54, 1.807) is 0 Å². The Morgan fingerprint density at radius 3 is 2.25 bits per heavy atom. The molecule has 4 nitrogen and oxygen atoms in total. The van der Waals surface area contributed by atoms with Crippen molar-refractivity contribution in [2.24, 2.45) is 0 Å². The van der Waals surface area contributed by atoms with E-state index in [9.17, 15) is 22.8 Å². The molecular formula is C17H11F3O4. The maximum atomic E-state index is 14.1. The van der Waals surface area contributed by atoms with Crippen LogP contribution in [0.15, 0.2) is 43.0 Å². The molecule has 0 spiro atoms. The standard InChI is InChI=1S/C17H11F3O4/c1-3-15(22)24-10-4-5-11(13(18)8-10)12-6-7-14(23-9(2)21)17(20)16(12)19/h3-8H,1H2,2H3. The summed E-state index contributed by atoms with van der Waals surface area (Å²) < 4.78 is 51.4. The highest BCUT2D eigenvalue weighted by Crippen LogP contribution is 2.32. The summed E-state index contributed by atoms with van der Waals surface area (Å²) in [6.07, 6.45) is 0.897. The summed E-state index contributed by atoms with van der Waals surface area (Å²) in [4.78, 5) is 21.9. The van der Waals surface area contributed by atoms with Crippen molar-refractivity contribution in [3.05, 3.63) is 60.4 Å². The zero-order chi connectivity index (χ0) is 17.9. The van der Waals surface area contributed by atoms with Crippen molar-refractivity contribution in [1.82, 2.24) is 0 Å². The van der Waals surface area contributed by atoms with Gasteiger partial charge in [0.15, 0.2) is 11.6 Å². The molecular weight excluding hydrogens is 325 g/mol. The van der Waals surface area contributed by atoms with Crippen LogP contribution in [0.2, 0.25) is 0 Å². The predicted octanol–water partition coefficient (Wildman–Crippen LogP) is 3.79. The molecule has 0 atom stereocenters. The van der Waals surface area contributed by atoms with Crippen LogP contribution >= 0.6 is 0 Å². The van der Waals surface area contributed by atoms with Crippen LogP contribution in [0, 0.1) is 17.5 Å². The summed E-state index contributed by atoms with van der Waals surface area (Å²) in [7, 11) is 0. The Kier molecular flexibility index (Phi) is 5.03. The first-order chi connectivity index (χ1) is 11.3. The molecule has 0 heterocycles. The summed E-state index contributed by atoms with van der Waals surface area (Å²) in [5.74, 6) is -6.03. The third-order valence-corrected chi connectivity index (χ3v) is 2.92. The molecule has 2 aromatic carbocycles. The number of carbonyl (C=O) groups excluding carboxylic acids is 2. The number of hydrogen-bond donors (Lipinski definition) is 0. The predicted molar refractivity (Wildman–Crippen MR) is 78.9 cm³/mol. The molecule has 2 rings (SSSR count). The van der Waals surface area contributed by atoms with E-state index in [4.69, 9.17) is 4.74 Å². The van der Waals surface area contributed by atoms with Crippen molar-refractivity contribution in [3.8, 4) is 22.6 Å². The number of halogens is 3. The van der Waals surface area contributed by atoms with Gasteiger partial charge in [0.05, 0.1) is 0 Å². The second kappa shape index (κ2) is 6.99. The number of benzene rings is 2. The van der Waals surface area contributed by atoms with E-state index >= 15 is 0 Å². The van der Waals surface area contributed by atoms with Gasteiger partial charge >= 0.3 is 11.9 Å². The molecule has 0 bridgehead atoms. The lowest BCUT2D eigenvalue weighted by atomic mass is 10.0. The van der Waals surface area contributed by atoms with Gasteiger partial charge in [-0.25, -0.2) is 13.6 Å². The molecule has 2 aromatic rings. The molecule has 0 radical (unpaired) electrons. The second-order valence-electron chi connectivity index (χ2n) is 4.60. The average Bonchev–Trinajstić information content (AvgIpc) is 2.52. The van der Waals surface area contributed by atoms with Gasteiger partial charge in [0.25, 0.3) is 0 Å². The lowest BCUT2D eigenvalue weighted by Crippen LogP contribution is -2.05. The SMILES string of the molecule is C=CC(=O)Oc1ccc(-c2ccc(OC(C)=O)c(F)c2F)c(F)c1. The van der Waals surface area contributed by atoms with Crippen LogP contribution in [0.5, 0.6) is 11.5 Å². The van der Waals surface area contributed by atoms with Crippen molar-refractivity contribution >= 4 is 11.9 Å². The topological polar surface area (TPSA) is 52.6 Å². The van der Waals surface area contributed by atoms with E-state index in [1.807, 2.05) is 0 Å². The smallest absolute Gasteiger partial charge is 0.335 e. The Morgan fingerprint density at radius 1 is 1.00 bits per heavy atom. The molecule has 0 unspecified atom stereocenters. The highest BCUT2D eigenvalue weighted by molar-refractivity contribution is 5.83. The largest absolute Gasteiger partial charge is 0.423 e. The first-order valence-corrected chi connectivity index (χ1v) is 6.64. The van der Waals surface area contributed by atoms with Crippen molar-refractivity contribution < 1.29 is 32.2 Å². The second-order valence-corrected chi connectivity index (χ2v) is 4.60. The van der Waals surface area contributed by atoms with Gasteiger partial charge in [-0.2, -0.15) is 4.39 Å². The van der Waals surface area contributed by atoms with Crippen LogP contribution in [0.1, 0.15) is 6.92 Å². The molecule has 0 aliphatic rings. The number of hydrogen-bond acceptors (Lipinski definition) is 4. The Bertz CT molecular complexity index is 831. The lowest BCUT2D eigenvalue weighted by Gasteiger charge is -2.10. The van der Waals surface area contributed by atoms with Crippen molar-refractivity contribution in [2.75, 3.05) is 0 Å². The summed E-state index contributed by atoms with van der Waals surface area (Å²) in [6, 6.07) is 5.29. The van der Waals surface area contributed by atoms with E-state index in [0.29, 0.717) is 0 Å². The fourth-order valence-corrected chi connectivity index (χ4v) is 1.91. The van der Waals surface area contributed by atoms with Gasteiger partial charge < -0.3 is 9.47 Å². The molecule has 0 N–H and O–H groups in total. The zero-order valence-electron chi connectivity index (χ0n) is 12.4. The zero-order valence-corrected chi connectivity index (χ0v) is 12.4. The average molecular weight is 336 g/mol. The molecule has 0 saturated carbocycles.